The maximum Gasteiger partial charge on any atom is 0.227 e. The normalized spacial score (nSPS) is 14.7. The number of nitriles is 1. The number of anilines is 1. The predicted octanol–water partition coefficient (Wildman–Crippen LogP) is 3.80. The van der Waals surface area contributed by atoms with Gasteiger partial charge in [0.2, 0.25) is 11.8 Å². The Kier molecular flexibility index (Phi) is 9.07. The number of para-hydroxylation sites is 1. The van der Waals surface area contributed by atoms with E-state index in [1.165, 1.54) is 4.88 Å². The summed E-state index contributed by atoms with van der Waals surface area (Å²) in [6.45, 7) is 4.15. The van der Waals surface area contributed by atoms with Crippen LogP contribution in [0.15, 0.2) is 47.8 Å². The molecule has 1 aromatic carbocycles. The lowest BCUT2D eigenvalue weighted by molar-refractivity contribution is -0.125. The van der Waals surface area contributed by atoms with Gasteiger partial charge in [-0.25, -0.2) is 0 Å². The first kappa shape index (κ1) is 23.0. The number of piperidine rings is 1. The fourth-order valence-electron chi connectivity index (χ4n) is 3.84. The number of carbonyl (C=O) groups is 2. The average Bonchev–Trinajstić information content (AvgIpc) is 3.31. The van der Waals surface area contributed by atoms with Crippen molar-refractivity contribution >= 4 is 28.8 Å². The van der Waals surface area contributed by atoms with E-state index < -0.39 is 0 Å². The highest BCUT2D eigenvalue weighted by Gasteiger charge is 2.21. The highest BCUT2D eigenvalue weighted by Crippen LogP contribution is 2.20. The van der Waals surface area contributed by atoms with E-state index in [0.717, 1.165) is 38.2 Å². The van der Waals surface area contributed by atoms with Crippen molar-refractivity contribution in [2.75, 3.05) is 31.1 Å². The molecule has 0 aliphatic carbocycles. The van der Waals surface area contributed by atoms with Crippen LogP contribution in [-0.2, 0) is 16.1 Å². The first-order chi connectivity index (χ1) is 15.2. The van der Waals surface area contributed by atoms with Crippen molar-refractivity contribution in [3.63, 3.8) is 0 Å². The molecule has 1 aliphatic rings. The molecule has 0 bridgehead atoms. The van der Waals surface area contributed by atoms with Crippen LogP contribution in [0.25, 0.3) is 0 Å². The van der Waals surface area contributed by atoms with E-state index in [1.54, 1.807) is 16.2 Å². The van der Waals surface area contributed by atoms with Gasteiger partial charge in [-0.3, -0.25) is 14.5 Å². The van der Waals surface area contributed by atoms with Crippen LogP contribution in [0.1, 0.15) is 37.0 Å². The number of rotatable bonds is 10. The molecule has 0 atom stereocenters. The maximum absolute atomic E-state index is 12.7. The van der Waals surface area contributed by atoms with Gasteiger partial charge in [-0.1, -0.05) is 24.3 Å². The number of hydrogen-bond acceptors (Lipinski definition) is 5. The molecular weight excluding hydrogens is 408 g/mol. The van der Waals surface area contributed by atoms with Crippen molar-refractivity contribution in [2.24, 2.45) is 5.92 Å². The Hall–Kier alpha value is -2.69. The molecule has 2 aromatic rings. The Bertz CT molecular complexity index is 855. The van der Waals surface area contributed by atoms with E-state index in [1.807, 2.05) is 30.3 Å². The van der Waals surface area contributed by atoms with E-state index >= 15 is 0 Å². The zero-order chi connectivity index (χ0) is 21.9. The number of thiophene rings is 1. The van der Waals surface area contributed by atoms with Gasteiger partial charge >= 0.3 is 0 Å². The third kappa shape index (κ3) is 7.50. The lowest BCUT2D eigenvalue weighted by Gasteiger charge is -2.31. The summed E-state index contributed by atoms with van der Waals surface area (Å²) in [7, 11) is 0. The summed E-state index contributed by atoms with van der Waals surface area (Å²) < 4.78 is 0. The molecule has 2 heterocycles. The number of nitrogens with one attached hydrogen (secondary N) is 1. The first-order valence-corrected chi connectivity index (χ1v) is 11.8. The molecule has 0 saturated carbocycles. The Balaban J connectivity index is 1.36. The van der Waals surface area contributed by atoms with Crippen LogP contribution in [0.3, 0.4) is 0 Å². The molecule has 3 rings (SSSR count). The molecule has 1 saturated heterocycles. The van der Waals surface area contributed by atoms with E-state index in [9.17, 15) is 9.59 Å². The van der Waals surface area contributed by atoms with Crippen LogP contribution in [0, 0.1) is 17.2 Å². The van der Waals surface area contributed by atoms with E-state index in [2.05, 4.69) is 33.8 Å². The smallest absolute Gasteiger partial charge is 0.227 e. The second-order valence-corrected chi connectivity index (χ2v) is 8.92. The molecule has 2 amide bonds. The monoisotopic (exact) mass is 438 g/mol. The van der Waals surface area contributed by atoms with Crippen LogP contribution < -0.4 is 10.2 Å². The second-order valence-electron chi connectivity index (χ2n) is 7.89. The predicted molar refractivity (Wildman–Crippen MR) is 124 cm³/mol. The Morgan fingerprint density at radius 1 is 1.13 bits per heavy atom. The van der Waals surface area contributed by atoms with E-state index in [4.69, 9.17) is 5.26 Å². The molecule has 31 heavy (non-hydrogen) atoms. The van der Waals surface area contributed by atoms with Crippen LogP contribution in [0.4, 0.5) is 5.69 Å². The number of amides is 2. The SMILES string of the molecule is N#CCCN(C(=O)CCC(=O)NCC1CCN(Cc2cccs2)CC1)c1ccccc1. The largest absolute Gasteiger partial charge is 0.356 e. The summed E-state index contributed by atoms with van der Waals surface area (Å²) in [5.74, 6) is 0.289. The second kappa shape index (κ2) is 12.2. The van der Waals surface area contributed by atoms with Crippen molar-refractivity contribution in [3.05, 3.63) is 52.7 Å². The zero-order valence-electron chi connectivity index (χ0n) is 17.8. The Morgan fingerprint density at radius 2 is 1.90 bits per heavy atom. The van der Waals surface area contributed by atoms with Crippen molar-refractivity contribution in [1.82, 2.24) is 10.2 Å². The Morgan fingerprint density at radius 3 is 2.58 bits per heavy atom. The van der Waals surface area contributed by atoms with Crippen LogP contribution in [-0.4, -0.2) is 42.9 Å². The quantitative estimate of drug-likeness (QED) is 0.612. The minimum Gasteiger partial charge on any atom is -0.356 e. The summed E-state index contributed by atoms with van der Waals surface area (Å²) in [6.07, 6.45) is 2.75. The number of likely N-dealkylation sites (tertiary alicyclic amines) is 1. The van der Waals surface area contributed by atoms with Crippen molar-refractivity contribution < 1.29 is 9.59 Å². The molecule has 1 aliphatic heterocycles. The van der Waals surface area contributed by atoms with E-state index in [0.29, 0.717) is 19.0 Å². The topological polar surface area (TPSA) is 76.4 Å². The van der Waals surface area contributed by atoms with Gasteiger partial charge in [-0.2, -0.15) is 5.26 Å². The van der Waals surface area contributed by atoms with Gasteiger partial charge in [-0.15, -0.1) is 11.3 Å². The van der Waals surface area contributed by atoms with Gasteiger partial charge in [0, 0.05) is 43.0 Å². The van der Waals surface area contributed by atoms with Crippen molar-refractivity contribution in [1.29, 1.82) is 5.26 Å². The van der Waals surface area contributed by atoms with Gasteiger partial charge in [0.05, 0.1) is 12.5 Å². The van der Waals surface area contributed by atoms with Crippen molar-refractivity contribution in [2.45, 2.75) is 38.6 Å². The Labute approximate surface area is 188 Å². The molecule has 1 fully saturated rings. The lowest BCUT2D eigenvalue weighted by Crippen LogP contribution is -2.38. The molecule has 0 radical (unpaired) electrons. The molecule has 1 N–H and O–H groups in total. The van der Waals surface area contributed by atoms with Crippen LogP contribution in [0.2, 0.25) is 0 Å². The van der Waals surface area contributed by atoms with Gasteiger partial charge < -0.3 is 10.2 Å². The summed E-state index contributed by atoms with van der Waals surface area (Å²) in [4.78, 5) is 30.4. The molecule has 0 spiro atoms. The molecule has 1 aromatic heterocycles. The maximum atomic E-state index is 12.7. The molecule has 7 heteroatoms. The summed E-state index contributed by atoms with van der Waals surface area (Å²) >= 11 is 1.80. The standard InChI is InChI=1S/C24H30N4O2S/c25-13-5-14-28(21-6-2-1-3-7-21)24(30)10-9-23(29)26-18-20-11-15-27(16-12-20)19-22-8-4-17-31-22/h1-4,6-8,17,20H,5,9-12,14-16,18-19H2,(H,26,29). The molecule has 164 valence electrons. The summed E-state index contributed by atoms with van der Waals surface area (Å²) in [5, 5.41) is 14.0. The number of carbonyl (C=O) groups excluding carboxylic acids is 2. The highest BCUT2D eigenvalue weighted by molar-refractivity contribution is 7.09. The fourth-order valence-corrected chi connectivity index (χ4v) is 4.59. The van der Waals surface area contributed by atoms with Gasteiger partial charge in [0.15, 0.2) is 0 Å². The van der Waals surface area contributed by atoms with Crippen LogP contribution in [0.5, 0.6) is 0 Å². The number of hydrogen-bond donors (Lipinski definition) is 1. The number of nitrogens with zero attached hydrogens (tertiary/aromatic N) is 3. The number of benzene rings is 1. The van der Waals surface area contributed by atoms with Gasteiger partial charge in [0.25, 0.3) is 0 Å². The highest BCUT2D eigenvalue weighted by atomic mass is 32.1. The van der Waals surface area contributed by atoms with Crippen LogP contribution >= 0.6 is 11.3 Å². The van der Waals surface area contributed by atoms with Crippen molar-refractivity contribution in [3.8, 4) is 6.07 Å². The summed E-state index contributed by atoms with van der Waals surface area (Å²) in [6, 6.07) is 15.7. The van der Waals surface area contributed by atoms with Gasteiger partial charge in [0.1, 0.15) is 0 Å². The molecular formula is C24H30N4O2S. The third-order valence-electron chi connectivity index (χ3n) is 5.64. The summed E-state index contributed by atoms with van der Waals surface area (Å²) in [5.41, 5.74) is 0.762. The third-order valence-corrected chi connectivity index (χ3v) is 6.50. The van der Waals surface area contributed by atoms with E-state index in [-0.39, 0.29) is 31.1 Å². The van der Waals surface area contributed by atoms with Gasteiger partial charge in [-0.05, 0) is 55.4 Å². The minimum atomic E-state index is -0.126. The fraction of sp³-hybridized carbons (Fsp3) is 0.458. The first-order valence-electron chi connectivity index (χ1n) is 10.9. The zero-order valence-corrected chi connectivity index (χ0v) is 18.7. The average molecular weight is 439 g/mol. The molecule has 0 unspecified atom stereocenters. The molecule has 6 nitrogen and oxygen atoms in total. The minimum absolute atomic E-state index is 0.0809. The lowest BCUT2D eigenvalue weighted by atomic mass is 9.96.